The Kier molecular flexibility index (Phi) is 8.50. The van der Waals surface area contributed by atoms with Gasteiger partial charge < -0.3 is 14.8 Å². The highest BCUT2D eigenvalue weighted by molar-refractivity contribution is 6.30. The topological polar surface area (TPSA) is 81.7 Å². The molecule has 0 radical (unpaired) electrons. The van der Waals surface area contributed by atoms with Gasteiger partial charge in [0.25, 0.3) is 5.91 Å². The van der Waals surface area contributed by atoms with E-state index in [2.05, 4.69) is 26.1 Å². The van der Waals surface area contributed by atoms with E-state index in [1.54, 1.807) is 42.5 Å². The molecular formula is C26H30ClNO5. The van der Waals surface area contributed by atoms with E-state index in [9.17, 15) is 14.4 Å². The van der Waals surface area contributed by atoms with Crippen LogP contribution in [0.2, 0.25) is 5.02 Å². The minimum atomic E-state index is -0.758. The summed E-state index contributed by atoms with van der Waals surface area (Å²) < 4.78 is 11.0. The molecule has 0 saturated heterocycles. The summed E-state index contributed by atoms with van der Waals surface area (Å²) in [5.74, 6) is -0.626. The van der Waals surface area contributed by atoms with E-state index in [1.165, 1.54) is 6.07 Å². The van der Waals surface area contributed by atoms with Gasteiger partial charge in [-0.1, -0.05) is 50.9 Å². The van der Waals surface area contributed by atoms with Gasteiger partial charge in [-0.3, -0.25) is 4.79 Å². The highest BCUT2D eigenvalue weighted by Gasteiger charge is 2.34. The molecule has 3 atom stereocenters. The third kappa shape index (κ3) is 6.81. The predicted molar refractivity (Wildman–Crippen MR) is 127 cm³/mol. The number of rotatable bonds is 7. The van der Waals surface area contributed by atoms with Crippen LogP contribution in [0.25, 0.3) is 0 Å². The van der Waals surface area contributed by atoms with Gasteiger partial charge in [-0.05, 0) is 67.0 Å². The first kappa shape index (κ1) is 24.8. The molecule has 2 aromatic carbocycles. The minimum Gasteiger partial charge on any atom is -0.458 e. The second-order valence-corrected chi connectivity index (χ2v) is 9.38. The largest absolute Gasteiger partial charge is 0.458 e. The molecule has 33 heavy (non-hydrogen) atoms. The molecule has 1 saturated carbocycles. The number of amides is 1. The smallest absolute Gasteiger partial charge is 0.339 e. The Morgan fingerprint density at radius 1 is 1.00 bits per heavy atom. The summed E-state index contributed by atoms with van der Waals surface area (Å²) in [6.07, 6.45) is 2.77. The molecule has 2 aromatic rings. The first-order valence-electron chi connectivity index (χ1n) is 11.3. The zero-order valence-corrected chi connectivity index (χ0v) is 19.9. The van der Waals surface area contributed by atoms with Crippen molar-refractivity contribution in [1.82, 2.24) is 0 Å². The number of carbonyl (C=O) groups is 3. The highest BCUT2D eigenvalue weighted by atomic mass is 35.5. The fourth-order valence-corrected chi connectivity index (χ4v) is 4.36. The summed E-state index contributed by atoms with van der Waals surface area (Å²) in [6, 6.07) is 12.9. The molecule has 0 aromatic heterocycles. The Morgan fingerprint density at radius 2 is 1.64 bits per heavy atom. The van der Waals surface area contributed by atoms with Crippen LogP contribution in [-0.4, -0.2) is 30.6 Å². The first-order valence-corrected chi connectivity index (χ1v) is 11.6. The van der Waals surface area contributed by atoms with Gasteiger partial charge in [0.05, 0.1) is 11.1 Å². The van der Waals surface area contributed by atoms with Gasteiger partial charge in [-0.25, -0.2) is 9.59 Å². The average Bonchev–Trinajstić information content (AvgIpc) is 2.79. The molecule has 176 valence electrons. The molecule has 0 heterocycles. The van der Waals surface area contributed by atoms with E-state index >= 15 is 0 Å². The number of ether oxygens (including phenoxy) is 2. The lowest BCUT2D eigenvalue weighted by Gasteiger charge is -2.36. The van der Waals surface area contributed by atoms with Gasteiger partial charge >= 0.3 is 11.9 Å². The second-order valence-electron chi connectivity index (χ2n) is 8.95. The SMILES string of the molecule is CC(C)[C@H]1CC[C@@H](C)C[C@H]1OC(=O)c1ccccc1C(=O)OCC(=O)Nc1ccc(Cl)cc1. The summed E-state index contributed by atoms with van der Waals surface area (Å²) in [5.41, 5.74) is 0.749. The molecule has 1 N–H and O–H groups in total. The van der Waals surface area contributed by atoms with Crippen molar-refractivity contribution >= 4 is 35.1 Å². The Hall–Kier alpha value is -2.86. The molecule has 1 fully saturated rings. The molecule has 1 aliphatic carbocycles. The van der Waals surface area contributed by atoms with Crippen LogP contribution in [0.5, 0.6) is 0 Å². The van der Waals surface area contributed by atoms with Crippen molar-refractivity contribution in [1.29, 1.82) is 0 Å². The summed E-state index contributed by atoms with van der Waals surface area (Å²) in [4.78, 5) is 37.8. The molecule has 6 nitrogen and oxygen atoms in total. The van der Waals surface area contributed by atoms with Crippen molar-refractivity contribution in [2.24, 2.45) is 17.8 Å². The second kappa shape index (κ2) is 11.3. The number of nitrogens with one attached hydrogen (secondary N) is 1. The lowest BCUT2D eigenvalue weighted by atomic mass is 9.75. The van der Waals surface area contributed by atoms with E-state index in [0.717, 1.165) is 19.3 Å². The van der Waals surface area contributed by atoms with E-state index in [1.807, 2.05) is 0 Å². The van der Waals surface area contributed by atoms with Crippen LogP contribution in [0.3, 0.4) is 0 Å². The summed E-state index contributed by atoms with van der Waals surface area (Å²) in [6.45, 7) is 5.96. The Bertz CT molecular complexity index is 988. The fourth-order valence-electron chi connectivity index (χ4n) is 4.23. The third-order valence-electron chi connectivity index (χ3n) is 6.05. The molecule has 0 spiro atoms. The van der Waals surface area contributed by atoms with E-state index in [-0.39, 0.29) is 17.2 Å². The van der Waals surface area contributed by atoms with Gasteiger partial charge in [0, 0.05) is 10.7 Å². The normalized spacial score (nSPS) is 20.2. The Morgan fingerprint density at radius 3 is 2.27 bits per heavy atom. The Labute approximate surface area is 199 Å². The van der Waals surface area contributed by atoms with E-state index in [0.29, 0.717) is 28.5 Å². The quantitative estimate of drug-likeness (QED) is 0.519. The number of halogens is 1. The van der Waals surface area contributed by atoms with Crippen LogP contribution in [-0.2, 0) is 14.3 Å². The van der Waals surface area contributed by atoms with Crippen LogP contribution in [0.1, 0.15) is 60.7 Å². The minimum absolute atomic E-state index is 0.0757. The average molecular weight is 472 g/mol. The van der Waals surface area contributed by atoms with Gasteiger partial charge in [-0.15, -0.1) is 0 Å². The maximum atomic E-state index is 13.0. The van der Waals surface area contributed by atoms with Crippen molar-refractivity contribution in [3.8, 4) is 0 Å². The number of carbonyl (C=O) groups excluding carboxylic acids is 3. The van der Waals surface area contributed by atoms with Gasteiger partial charge in [0.1, 0.15) is 6.10 Å². The molecule has 0 unspecified atom stereocenters. The highest BCUT2D eigenvalue weighted by Crippen LogP contribution is 2.35. The molecule has 1 amide bonds. The van der Waals surface area contributed by atoms with Crippen molar-refractivity contribution in [2.75, 3.05) is 11.9 Å². The molecule has 7 heteroatoms. The zero-order valence-electron chi connectivity index (χ0n) is 19.2. The summed E-state index contributed by atoms with van der Waals surface area (Å²) in [5, 5.41) is 3.17. The van der Waals surface area contributed by atoms with Crippen molar-refractivity contribution in [3.05, 3.63) is 64.7 Å². The maximum Gasteiger partial charge on any atom is 0.339 e. The van der Waals surface area contributed by atoms with Gasteiger partial charge in [0.15, 0.2) is 6.61 Å². The fraction of sp³-hybridized carbons (Fsp3) is 0.423. The summed E-state index contributed by atoms with van der Waals surface area (Å²) in [7, 11) is 0. The van der Waals surface area contributed by atoms with Crippen LogP contribution >= 0.6 is 11.6 Å². The molecule has 0 aliphatic heterocycles. The third-order valence-corrected chi connectivity index (χ3v) is 6.30. The van der Waals surface area contributed by atoms with Crippen LogP contribution < -0.4 is 5.32 Å². The predicted octanol–water partition coefficient (Wildman–Crippen LogP) is 5.75. The summed E-state index contributed by atoms with van der Waals surface area (Å²) >= 11 is 5.83. The number of hydrogen-bond acceptors (Lipinski definition) is 5. The number of hydrogen-bond donors (Lipinski definition) is 1. The lowest BCUT2D eigenvalue weighted by Crippen LogP contribution is -2.36. The van der Waals surface area contributed by atoms with Crippen LogP contribution in [0.15, 0.2) is 48.5 Å². The number of anilines is 1. The number of benzene rings is 2. The monoisotopic (exact) mass is 471 g/mol. The van der Waals surface area contributed by atoms with Crippen molar-refractivity contribution < 1.29 is 23.9 Å². The molecule has 1 aliphatic rings. The van der Waals surface area contributed by atoms with Crippen LogP contribution in [0, 0.1) is 17.8 Å². The lowest BCUT2D eigenvalue weighted by molar-refractivity contribution is -0.119. The zero-order chi connectivity index (χ0) is 24.0. The maximum absolute atomic E-state index is 13.0. The Balaban J connectivity index is 1.63. The van der Waals surface area contributed by atoms with E-state index < -0.39 is 24.5 Å². The molecular weight excluding hydrogens is 442 g/mol. The van der Waals surface area contributed by atoms with Gasteiger partial charge in [0.2, 0.25) is 0 Å². The molecule has 3 rings (SSSR count). The first-order chi connectivity index (χ1) is 15.7. The van der Waals surface area contributed by atoms with Crippen molar-refractivity contribution in [3.63, 3.8) is 0 Å². The van der Waals surface area contributed by atoms with Gasteiger partial charge in [-0.2, -0.15) is 0 Å². The standard InChI is InChI=1S/C26H30ClNO5/c1-16(2)20-13-8-17(3)14-23(20)33-26(31)22-7-5-4-6-21(22)25(30)32-15-24(29)28-19-11-9-18(27)10-12-19/h4-7,9-12,16-17,20,23H,8,13-15H2,1-3H3,(H,28,29)/t17-,20-,23-/m1/s1. The molecule has 0 bridgehead atoms. The number of esters is 2. The van der Waals surface area contributed by atoms with E-state index in [4.69, 9.17) is 21.1 Å². The van der Waals surface area contributed by atoms with Crippen molar-refractivity contribution in [2.45, 2.75) is 46.1 Å². The van der Waals surface area contributed by atoms with Crippen LogP contribution in [0.4, 0.5) is 5.69 Å².